The van der Waals surface area contributed by atoms with Gasteiger partial charge in [-0.05, 0) is 96.5 Å². The van der Waals surface area contributed by atoms with Gasteiger partial charge in [0.25, 0.3) is 0 Å². The molecule has 2 heterocycles. The van der Waals surface area contributed by atoms with E-state index in [1.165, 1.54) is 92.8 Å². The normalized spacial score (nSPS) is 11.8. The van der Waals surface area contributed by atoms with Crippen molar-refractivity contribution in [2.24, 2.45) is 0 Å². The van der Waals surface area contributed by atoms with E-state index in [9.17, 15) is 0 Å². The SMILES string of the molecule is c1cncc(-c2ccc3c4ccc5cc(-c6cccc(-c7cc8ccccc8c8ccccc78)c6)ccc5c4n(-c4cccc5ccccc45)c3c2)c1. The minimum Gasteiger partial charge on any atom is -0.308 e. The van der Waals surface area contributed by atoms with Gasteiger partial charge in [0, 0.05) is 39.5 Å². The Morgan fingerprint density at radius 2 is 0.981 bits per heavy atom. The van der Waals surface area contributed by atoms with E-state index in [4.69, 9.17) is 0 Å². The molecule has 246 valence electrons. The largest absolute Gasteiger partial charge is 0.308 e. The van der Waals surface area contributed by atoms with Crippen molar-refractivity contribution in [1.29, 1.82) is 0 Å². The molecule has 0 unspecified atom stereocenters. The average molecular weight is 673 g/mol. The summed E-state index contributed by atoms with van der Waals surface area (Å²) < 4.78 is 2.49. The summed E-state index contributed by atoms with van der Waals surface area (Å²) in [6, 6.07) is 66.7. The van der Waals surface area contributed by atoms with Crippen LogP contribution in [0.15, 0.2) is 194 Å². The van der Waals surface area contributed by atoms with Gasteiger partial charge in [-0.25, -0.2) is 0 Å². The Labute approximate surface area is 306 Å². The molecule has 11 aromatic rings. The fraction of sp³-hybridized carbons (Fsp3) is 0. The highest BCUT2D eigenvalue weighted by Crippen LogP contribution is 2.41. The Hall–Kier alpha value is -7.03. The van der Waals surface area contributed by atoms with Gasteiger partial charge in [-0.3, -0.25) is 4.98 Å². The maximum Gasteiger partial charge on any atom is 0.0619 e. The molecular formula is C51H32N2. The number of nitrogens with zero attached hydrogens (tertiary/aromatic N) is 2. The summed E-state index contributed by atoms with van der Waals surface area (Å²) in [5.74, 6) is 0. The first-order valence-corrected chi connectivity index (χ1v) is 18.2. The minimum atomic E-state index is 1.11. The molecule has 0 amide bonds. The van der Waals surface area contributed by atoms with E-state index >= 15 is 0 Å². The summed E-state index contributed by atoms with van der Waals surface area (Å²) in [5, 5.41) is 12.5. The van der Waals surface area contributed by atoms with Crippen LogP contribution in [-0.2, 0) is 0 Å². The third kappa shape index (κ3) is 4.70. The number of benzene rings is 9. The monoisotopic (exact) mass is 672 g/mol. The van der Waals surface area contributed by atoms with Crippen LogP contribution in [0.4, 0.5) is 0 Å². The molecular weight excluding hydrogens is 641 g/mol. The summed E-state index contributed by atoms with van der Waals surface area (Å²) in [6.45, 7) is 0. The highest BCUT2D eigenvalue weighted by atomic mass is 15.0. The van der Waals surface area contributed by atoms with Crippen LogP contribution in [0.1, 0.15) is 0 Å². The third-order valence-electron chi connectivity index (χ3n) is 11.0. The molecule has 0 aliphatic heterocycles. The van der Waals surface area contributed by atoms with Crippen molar-refractivity contribution in [3.05, 3.63) is 194 Å². The molecule has 2 aromatic heterocycles. The molecule has 0 saturated heterocycles. The quantitative estimate of drug-likeness (QED) is 0.170. The molecule has 9 aromatic carbocycles. The van der Waals surface area contributed by atoms with E-state index in [1.807, 2.05) is 18.5 Å². The van der Waals surface area contributed by atoms with Crippen molar-refractivity contribution in [3.8, 4) is 39.1 Å². The second kappa shape index (κ2) is 11.8. The standard InChI is InChI=1S/C51H32N2/c1-4-17-42-33(10-1)12-8-20-49(42)53-50-31-36(40-15-9-27-52-32-40)22-25-46(50)47-26-23-39-29-35(21-24-43(39)51(47)53)34-13-7-14-37(28-34)48-30-38-11-2-3-16-41(38)44-18-5-6-19-45(44)48/h1-32H. The lowest BCUT2D eigenvalue weighted by Crippen LogP contribution is -1.96. The third-order valence-corrected chi connectivity index (χ3v) is 11.0. The summed E-state index contributed by atoms with van der Waals surface area (Å²) in [5.41, 5.74) is 10.7. The summed E-state index contributed by atoms with van der Waals surface area (Å²) in [6.07, 6.45) is 3.78. The first-order chi connectivity index (χ1) is 26.3. The maximum atomic E-state index is 4.42. The van der Waals surface area contributed by atoms with Gasteiger partial charge in [-0.15, -0.1) is 0 Å². The Morgan fingerprint density at radius 3 is 1.85 bits per heavy atom. The lowest BCUT2D eigenvalue weighted by Gasteiger charge is -2.14. The molecule has 2 heteroatoms. The predicted octanol–water partition coefficient (Wildman–Crippen LogP) is 13.8. The van der Waals surface area contributed by atoms with E-state index < -0.39 is 0 Å². The molecule has 0 atom stereocenters. The molecule has 11 rings (SSSR count). The number of hydrogen-bond acceptors (Lipinski definition) is 1. The zero-order valence-corrected chi connectivity index (χ0v) is 28.9. The van der Waals surface area contributed by atoms with Crippen molar-refractivity contribution in [2.75, 3.05) is 0 Å². The second-order valence-electron chi connectivity index (χ2n) is 14.0. The van der Waals surface area contributed by atoms with Crippen molar-refractivity contribution < 1.29 is 0 Å². The zero-order valence-electron chi connectivity index (χ0n) is 28.9. The van der Waals surface area contributed by atoms with Crippen LogP contribution in [0.2, 0.25) is 0 Å². The molecule has 0 N–H and O–H groups in total. The molecule has 0 bridgehead atoms. The molecule has 0 fully saturated rings. The van der Waals surface area contributed by atoms with E-state index in [2.05, 4.69) is 185 Å². The Morgan fingerprint density at radius 1 is 0.340 bits per heavy atom. The Balaban J connectivity index is 1.13. The van der Waals surface area contributed by atoms with Crippen LogP contribution < -0.4 is 0 Å². The highest BCUT2D eigenvalue weighted by molar-refractivity contribution is 6.20. The zero-order chi connectivity index (χ0) is 34.9. The van der Waals surface area contributed by atoms with Crippen LogP contribution in [0.3, 0.4) is 0 Å². The maximum absolute atomic E-state index is 4.42. The molecule has 0 spiro atoms. The van der Waals surface area contributed by atoms with Gasteiger partial charge in [0.2, 0.25) is 0 Å². The number of pyridine rings is 1. The Bertz CT molecular complexity index is 3220. The Kier molecular flexibility index (Phi) is 6.59. The van der Waals surface area contributed by atoms with Crippen molar-refractivity contribution in [1.82, 2.24) is 9.55 Å². The molecule has 0 saturated carbocycles. The van der Waals surface area contributed by atoms with E-state index in [-0.39, 0.29) is 0 Å². The lowest BCUT2D eigenvalue weighted by atomic mass is 9.91. The smallest absolute Gasteiger partial charge is 0.0619 e. The molecule has 0 radical (unpaired) electrons. The van der Waals surface area contributed by atoms with Gasteiger partial charge in [0.1, 0.15) is 0 Å². The van der Waals surface area contributed by atoms with Crippen molar-refractivity contribution in [2.45, 2.75) is 0 Å². The summed E-state index contributed by atoms with van der Waals surface area (Å²) in [7, 11) is 0. The minimum absolute atomic E-state index is 1.11. The van der Waals surface area contributed by atoms with Gasteiger partial charge in [-0.1, -0.05) is 146 Å². The van der Waals surface area contributed by atoms with Crippen LogP contribution in [0.5, 0.6) is 0 Å². The molecule has 0 aliphatic rings. The number of fused-ring (bicyclic) bond motifs is 9. The van der Waals surface area contributed by atoms with E-state index in [1.54, 1.807) is 0 Å². The van der Waals surface area contributed by atoms with Crippen LogP contribution in [0.25, 0.3) is 104 Å². The van der Waals surface area contributed by atoms with Gasteiger partial charge in [0.15, 0.2) is 0 Å². The number of hydrogen-bond donors (Lipinski definition) is 0. The average Bonchev–Trinajstić information content (AvgIpc) is 3.57. The number of rotatable bonds is 4. The highest BCUT2D eigenvalue weighted by Gasteiger charge is 2.18. The van der Waals surface area contributed by atoms with Crippen LogP contribution >= 0.6 is 0 Å². The number of aromatic nitrogens is 2. The molecule has 0 aliphatic carbocycles. The summed E-state index contributed by atoms with van der Waals surface area (Å²) >= 11 is 0. The first-order valence-electron chi connectivity index (χ1n) is 18.2. The van der Waals surface area contributed by atoms with Gasteiger partial charge < -0.3 is 4.57 Å². The first kappa shape index (κ1) is 29.7. The molecule has 2 nitrogen and oxygen atoms in total. The van der Waals surface area contributed by atoms with Gasteiger partial charge >= 0.3 is 0 Å². The molecule has 53 heavy (non-hydrogen) atoms. The van der Waals surface area contributed by atoms with Crippen LogP contribution in [0, 0.1) is 0 Å². The lowest BCUT2D eigenvalue weighted by molar-refractivity contribution is 1.20. The van der Waals surface area contributed by atoms with Gasteiger partial charge in [0.05, 0.1) is 16.7 Å². The van der Waals surface area contributed by atoms with E-state index in [0.717, 1.165) is 11.1 Å². The van der Waals surface area contributed by atoms with Crippen molar-refractivity contribution >= 4 is 64.9 Å². The second-order valence-corrected chi connectivity index (χ2v) is 14.0. The fourth-order valence-electron chi connectivity index (χ4n) is 8.54. The predicted molar refractivity (Wildman–Crippen MR) is 225 cm³/mol. The topological polar surface area (TPSA) is 17.8 Å². The van der Waals surface area contributed by atoms with Gasteiger partial charge in [-0.2, -0.15) is 0 Å². The fourth-order valence-corrected chi connectivity index (χ4v) is 8.54. The van der Waals surface area contributed by atoms with E-state index in [0.29, 0.717) is 0 Å². The van der Waals surface area contributed by atoms with Crippen LogP contribution in [-0.4, -0.2) is 9.55 Å². The van der Waals surface area contributed by atoms with Crippen molar-refractivity contribution in [3.63, 3.8) is 0 Å². The summed E-state index contributed by atoms with van der Waals surface area (Å²) in [4.78, 5) is 4.42.